The van der Waals surface area contributed by atoms with Crippen molar-refractivity contribution in [2.45, 2.75) is 20.8 Å². The van der Waals surface area contributed by atoms with Gasteiger partial charge in [0.15, 0.2) is 0 Å². The zero-order valence-electron chi connectivity index (χ0n) is 11.5. The Bertz CT molecular complexity index is 459. The quantitative estimate of drug-likeness (QED) is 0.834. The van der Waals surface area contributed by atoms with Crippen LogP contribution in [0, 0.1) is 0 Å². The van der Waals surface area contributed by atoms with Crippen LogP contribution < -0.4 is 4.90 Å². The van der Waals surface area contributed by atoms with Crippen molar-refractivity contribution < 1.29 is 9.59 Å². The van der Waals surface area contributed by atoms with Crippen molar-refractivity contribution in [1.82, 2.24) is 4.90 Å². The number of nitrogens with zero attached hydrogens (tertiary/aromatic N) is 2. The summed E-state index contributed by atoms with van der Waals surface area (Å²) in [4.78, 5) is 27.1. The van der Waals surface area contributed by atoms with Crippen LogP contribution in [0.4, 0.5) is 5.69 Å². The molecule has 1 aromatic carbocycles. The Hall–Kier alpha value is -1.36. The van der Waals surface area contributed by atoms with Crippen molar-refractivity contribution >= 4 is 33.4 Å². The second-order valence-electron chi connectivity index (χ2n) is 4.12. The second kappa shape index (κ2) is 7.28. The number of amides is 2. The summed E-state index contributed by atoms with van der Waals surface area (Å²) in [6, 6.07) is 7.39. The fraction of sp³-hybridized carbons (Fsp3) is 0.429. The van der Waals surface area contributed by atoms with Crippen LogP contribution in [-0.4, -0.2) is 36.3 Å². The van der Waals surface area contributed by atoms with Crippen LogP contribution in [0.1, 0.15) is 20.8 Å². The monoisotopic (exact) mass is 326 g/mol. The summed E-state index contributed by atoms with van der Waals surface area (Å²) in [5, 5.41) is 0. The van der Waals surface area contributed by atoms with E-state index in [4.69, 9.17) is 0 Å². The lowest BCUT2D eigenvalue weighted by molar-refractivity contribution is -0.130. The molecule has 0 aliphatic heterocycles. The number of para-hydroxylation sites is 1. The summed E-state index contributed by atoms with van der Waals surface area (Å²) in [6.07, 6.45) is 0. The lowest BCUT2D eigenvalue weighted by Crippen LogP contribution is -2.42. The SMILES string of the molecule is CCN(CC)C(=O)CN(C(C)=O)c1ccccc1Br. The lowest BCUT2D eigenvalue weighted by atomic mass is 10.2. The Labute approximate surface area is 122 Å². The first-order valence-electron chi connectivity index (χ1n) is 6.31. The highest BCUT2D eigenvalue weighted by Gasteiger charge is 2.20. The average Bonchev–Trinajstić information content (AvgIpc) is 2.38. The van der Waals surface area contributed by atoms with Crippen LogP contribution in [0.5, 0.6) is 0 Å². The van der Waals surface area contributed by atoms with Gasteiger partial charge < -0.3 is 9.80 Å². The van der Waals surface area contributed by atoms with E-state index >= 15 is 0 Å². The first-order chi connectivity index (χ1) is 9.01. The molecule has 0 radical (unpaired) electrons. The van der Waals surface area contributed by atoms with Crippen molar-refractivity contribution in [2.24, 2.45) is 0 Å². The van der Waals surface area contributed by atoms with E-state index in [-0.39, 0.29) is 18.4 Å². The molecule has 5 heteroatoms. The molecule has 2 amide bonds. The topological polar surface area (TPSA) is 40.6 Å². The third-order valence-electron chi connectivity index (χ3n) is 2.93. The Morgan fingerprint density at radius 3 is 2.21 bits per heavy atom. The maximum absolute atomic E-state index is 12.1. The van der Waals surface area contributed by atoms with Crippen molar-refractivity contribution in [3.63, 3.8) is 0 Å². The molecule has 0 unspecified atom stereocenters. The van der Waals surface area contributed by atoms with Gasteiger partial charge in [-0.2, -0.15) is 0 Å². The fourth-order valence-corrected chi connectivity index (χ4v) is 2.35. The molecule has 104 valence electrons. The molecule has 0 saturated carbocycles. The number of hydrogen-bond acceptors (Lipinski definition) is 2. The molecule has 0 spiro atoms. The van der Waals surface area contributed by atoms with E-state index in [9.17, 15) is 9.59 Å². The van der Waals surface area contributed by atoms with Gasteiger partial charge in [-0.1, -0.05) is 12.1 Å². The molecule has 0 atom stereocenters. The number of benzene rings is 1. The Balaban J connectivity index is 2.95. The van der Waals surface area contributed by atoms with Gasteiger partial charge in [0.25, 0.3) is 0 Å². The lowest BCUT2D eigenvalue weighted by Gasteiger charge is -2.26. The minimum absolute atomic E-state index is 0.0454. The molecule has 0 aromatic heterocycles. The number of likely N-dealkylation sites (N-methyl/N-ethyl adjacent to an activating group) is 1. The predicted molar refractivity (Wildman–Crippen MR) is 80.1 cm³/mol. The van der Waals surface area contributed by atoms with Gasteiger partial charge in [-0.15, -0.1) is 0 Å². The Morgan fingerprint density at radius 1 is 1.16 bits per heavy atom. The van der Waals surface area contributed by atoms with Gasteiger partial charge in [-0.3, -0.25) is 9.59 Å². The number of halogens is 1. The van der Waals surface area contributed by atoms with E-state index < -0.39 is 0 Å². The van der Waals surface area contributed by atoms with E-state index in [0.29, 0.717) is 13.1 Å². The van der Waals surface area contributed by atoms with Crippen molar-refractivity contribution in [1.29, 1.82) is 0 Å². The molecular weight excluding hydrogens is 308 g/mol. The third kappa shape index (κ3) is 4.06. The molecule has 0 aliphatic carbocycles. The van der Waals surface area contributed by atoms with E-state index in [1.165, 1.54) is 11.8 Å². The van der Waals surface area contributed by atoms with Crippen LogP contribution in [0.2, 0.25) is 0 Å². The normalized spacial score (nSPS) is 10.1. The van der Waals surface area contributed by atoms with Gasteiger partial charge in [0, 0.05) is 24.5 Å². The molecule has 19 heavy (non-hydrogen) atoms. The van der Waals surface area contributed by atoms with Crippen molar-refractivity contribution in [2.75, 3.05) is 24.5 Å². The zero-order chi connectivity index (χ0) is 14.4. The van der Waals surface area contributed by atoms with Gasteiger partial charge in [-0.05, 0) is 41.9 Å². The van der Waals surface area contributed by atoms with Crippen LogP contribution in [-0.2, 0) is 9.59 Å². The maximum Gasteiger partial charge on any atom is 0.242 e. The van der Waals surface area contributed by atoms with Crippen LogP contribution in [0.15, 0.2) is 28.7 Å². The molecule has 0 fully saturated rings. The van der Waals surface area contributed by atoms with E-state index in [2.05, 4.69) is 15.9 Å². The first-order valence-corrected chi connectivity index (χ1v) is 7.10. The average molecular weight is 327 g/mol. The molecule has 1 rings (SSSR count). The summed E-state index contributed by atoms with van der Waals surface area (Å²) in [5.41, 5.74) is 0.718. The van der Waals surface area contributed by atoms with Gasteiger partial charge in [-0.25, -0.2) is 0 Å². The number of carbonyl (C=O) groups excluding carboxylic acids is 2. The minimum Gasteiger partial charge on any atom is -0.342 e. The summed E-state index contributed by atoms with van der Waals surface area (Å²) in [7, 11) is 0. The third-order valence-corrected chi connectivity index (χ3v) is 3.60. The predicted octanol–water partition coefficient (Wildman–Crippen LogP) is 2.67. The second-order valence-corrected chi connectivity index (χ2v) is 4.98. The van der Waals surface area contributed by atoms with Gasteiger partial charge in [0.1, 0.15) is 6.54 Å². The minimum atomic E-state index is -0.146. The summed E-state index contributed by atoms with van der Waals surface area (Å²) >= 11 is 3.41. The highest BCUT2D eigenvalue weighted by Crippen LogP contribution is 2.25. The van der Waals surface area contributed by atoms with E-state index in [0.717, 1.165) is 10.2 Å². The Kier molecular flexibility index (Phi) is 6.02. The largest absolute Gasteiger partial charge is 0.342 e. The van der Waals surface area contributed by atoms with Crippen molar-refractivity contribution in [3.8, 4) is 0 Å². The maximum atomic E-state index is 12.1. The highest BCUT2D eigenvalue weighted by molar-refractivity contribution is 9.10. The molecule has 0 bridgehead atoms. The Morgan fingerprint density at radius 2 is 1.74 bits per heavy atom. The standard InChI is InChI=1S/C14H19BrN2O2/c1-4-16(5-2)14(19)10-17(11(3)18)13-9-7-6-8-12(13)15/h6-9H,4-5,10H2,1-3H3. The van der Waals surface area contributed by atoms with Gasteiger partial charge >= 0.3 is 0 Å². The highest BCUT2D eigenvalue weighted by atomic mass is 79.9. The zero-order valence-corrected chi connectivity index (χ0v) is 13.1. The molecule has 0 N–H and O–H groups in total. The molecule has 0 heterocycles. The summed E-state index contributed by atoms with van der Waals surface area (Å²) in [6.45, 7) is 6.69. The number of rotatable bonds is 5. The number of anilines is 1. The fourth-order valence-electron chi connectivity index (χ4n) is 1.85. The van der Waals surface area contributed by atoms with Gasteiger partial charge in [0.05, 0.1) is 5.69 Å². The van der Waals surface area contributed by atoms with Crippen LogP contribution in [0.3, 0.4) is 0 Å². The number of hydrogen-bond donors (Lipinski definition) is 0. The van der Waals surface area contributed by atoms with Crippen molar-refractivity contribution in [3.05, 3.63) is 28.7 Å². The molecule has 1 aromatic rings. The van der Waals surface area contributed by atoms with Gasteiger partial charge in [0.2, 0.25) is 11.8 Å². The van der Waals surface area contributed by atoms with Crippen LogP contribution >= 0.6 is 15.9 Å². The molecular formula is C14H19BrN2O2. The smallest absolute Gasteiger partial charge is 0.242 e. The molecule has 4 nitrogen and oxygen atoms in total. The van der Waals surface area contributed by atoms with E-state index in [1.807, 2.05) is 38.1 Å². The summed E-state index contributed by atoms with van der Waals surface area (Å²) < 4.78 is 0.803. The summed E-state index contributed by atoms with van der Waals surface area (Å²) in [5.74, 6) is -0.191. The first kappa shape index (κ1) is 15.7. The van der Waals surface area contributed by atoms with Crippen LogP contribution in [0.25, 0.3) is 0 Å². The molecule has 0 aliphatic rings. The number of carbonyl (C=O) groups is 2. The van der Waals surface area contributed by atoms with E-state index in [1.54, 1.807) is 4.90 Å². The molecule has 0 saturated heterocycles.